The Balaban J connectivity index is 2.21. The minimum Gasteiger partial charge on any atom is -0.497 e. The molecule has 2 rings (SSSR count). The molecule has 0 spiro atoms. The number of rotatable bonds is 5. The average Bonchev–Trinajstić information content (AvgIpc) is 2.49. The SMILES string of the molecule is COc1cc(OC)cc(C(NN)C2CCC(F)(F)CC2)c1. The van der Waals surface area contributed by atoms with Crippen LogP contribution in [0.1, 0.15) is 37.3 Å². The quantitative estimate of drug-likeness (QED) is 0.648. The van der Waals surface area contributed by atoms with Crippen LogP contribution >= 0.6 is 0 Å². The number of alkyl halides is 2. The minimum atomic E-state index is -2.54. The number of nitrogens with two attached hydrogens (primary N) is 1. The third-order valence-corrected chi connectivity index (χ3v) is 4.15. The van der Waals surface area contributed by atoms with Crippen LogP contribution in [0.25, 0.3) is 0 Å². The fraction of sp³-hybridized carbons (Fsp3) is 0.600. The minimum absolute atomic E-state index is 0.0754. The zero-order valence-corrected chi connectivity index (χ0v) is 12.4. The molecule has 1 aliphatic rings. The van der Waals surface area contributed by atoms with Gasteiger partial charge in [0.25, 0.3) is 0 Å². The summed E-state index contributed by atoms with van der Waals surface area (Å²) in [4.78, 5) is 0. The first-order chi connectivity index (χ1) is 9.99. The number of methoxy groups -OCH3 is 2. The molecule has 0 aliphatic heterocycles. The van der Waals surface area contributed by atoms with Gasteiger partial charge in [0.05, 0.1) is 14.2 Å². The molecule has 0 saturated heterocycles. The molecule has 1 aliphatic carbocycles. The maximum absolute atomic E-state index is 13.3. The lowest BCUT2D eigenvalue weighted by molar-refractivity contribution is -0.0498. The summed E-state index contributed by atoms with van der Waals surface area (Å²) >= 11 is 0. The van der Waals surface area contributed by atoms with E-state index in [1.54, 1.807) is 20.3 Å². The molecule has 0 aromatic heterocycles. The number of nitrogens with one attached hydrogen (secondary N) is 1. The number of hydrazine groups is 1. The number of benzene rings is 1. The first-order valence-corrected chi connectivity index (χ1v) is 7.06. The van der Waals surface area contributed by atoms with Gasteiger partial charge in [0.15, 0.2) is 0 Å². The van der Waals surface area contributed by atoms with Gasteiger partial charge in [-0.3, -0.25) is 11.3 Å². The normalized spacial score (nSPS) is 20.0. The van der Waals surface area contributed by atoms with E-state index in [0.29, 0.717) is 24.3 Å². The summed E-state index contributed by atoms with van der Waals surface area (Å²) < 4.78 is 37.1. The van der Waals surface area contributed by atoms with E-state index in [9.17, 15) is 8.78 Å². The molecule has 0 bridgehead atoms. The second kappa shape index (κ2) is 6.58. The van der Waals surface area contributed by atoms with Gasteiger partial charge in [0, 0.05) is 24.9 Å². The Morgan fingerprint density at radius 2 is 1.67 bits per heavy atom. The Labute approximate surface area is 123 Å². The third-order valence-electron chi connectivity index (χ3n) is 4.15. The summed E-state index contributed by atoms with van der Waals surface area (Å²) in [5, 5.41) is 0. The predicted molar refractivity (Wildman–Crippen MR) is 76.5 cm³/mol. The topological polar surface area (TPSA) is 56.5 Å². The van der Waals surface area contributed by atoms with Crippen LogP contribution in [0.3, 0.4) is 0 Å². The molecule has 1 unspecified atom stereocenters. The van der Waals surface area contributed by atoms with Crippen molar-refractivity contribution in [3.05, 3.63) is 23.8 Å². The molecule has 1 aromatic rings. The molecular weight excluding hydrogens is 278 g/mol. The van der Waals surface area contributed by atoms with E-state index in [1.807, 2.05) is 12.1 Å². The maximum Gasteiger partial charge on any atom is 0.248 e. The van der Waals surface area contributed by atoms with Crippen molar-refractivity contribution in [1.29, 1.82) is 0 Å². The van der Waals surface area contributed by atoms with E-state index >= 15 is 0 Å². The van der Waals surface area contributed by atoms with Crippen LogP contribution in [0.15, 0.2) is 18.2 Å². The number of hydrogen-bond donors (Lipinski definition) is 2. The number of ether oxygens (including phenoxy) is 2. The van der Waals surface area contributed by atoms with Crippen LogP contribution in [0.5, 0.6) is 11.5 Å². The highest BCUT2D eigenvalue weighted by Gasteiger charge is 2.38. The summed E-state index contributed by atoms with van der Waals surface area (Å²) in [7, 11) is 3.15. The molecule has 21 heavy (non-hydrogen) atoms. The zero-order valence-electron chi connectivity index (χ0n) is 12.4. The summed E-state index contributed by atoms with van der Waals surface area (Å²) in [5.74, 6) is 4.52. The third kappa shape index (κ3) is 3.83. The maximum atomic E-state index is 13.3. The monoisotopic (exact) mass is 300 g/mol. The molecule has 0 radical (unpaired) electrons. The van der Waals surface area contributed by atoms with Crippen molar-refractivity contribution in [1.82, 2.24) is 5.43 Å². The van der Waals surface area contributed by atoms with E-state index < -0.39 is 5.92 Å². The Morgan fingerprint density at radius 1 is 1.14 bits per heavy atom. The van der Waals surface area contributed by atoms with Gasteiger partial charge in [0.2, 0.25) is 5.92 Å². The van der Waals surface area contributed by atoms with Gasteiger partial charge in [-0.15, -0.1) is 0 Å². The molecule has 1 aromatic carbocycles. The second-order valence-electron chi connectivity index (χ2n) is 5.48. The molecule has 0 amide bonds. The highest BCUT2D eigenvalue weighted by molar-refractivity contribution is 5.40. The molecule has 118 valence electrons. The van der Waals surface area contributed by atoms with Gasteiger partial charge in [0.1, 0.15) is 11.5 Å². The molecule has 0 heterocycles. The van der Waals surface area contributed by atoms with Gasteiger partial charge >= 0.3 is 0 Å². The van der Waals surface area contributed by atoms with Gasteiger partial charge in [-0.2, -0.15) is 0 Å². The van der Waals surface area contributed by atoms with E-state index in [1.165, 1.54) is 0 Å². The Morgan fingerprint density at radius 3 is 2.10 bits per heavy atom. The average molecular weight is 300 g/mol. The molecule has 1 atom stereocenters. The molecule has 4 nitrogen and oxygen atoms in total. The lowest BCUT2D eigenvalue weighted by atomic mass is 9.80. The Kier molecular flexibility index (Phi) is 5.00. The fourth-order valence-electron chi connectivity index (χ4n) is 2.91. The number of hydrogen-bond acceptors (Lipinski definition) is 4. The van der Waals surface area contributed by atoms with E-state index in [2.05, 4.69) is 5.43 Å². The van der Waals surface area contributed by atoms with E-state index in [0.717, 1.165) is 5.56 Å². The highest BCUT2D eigenvalue weighted by Crippen LogP contribution is 2.42. The van der Waals surface area contributed by atoms with Crippen molar-refractivity contribution in [3.8, 4) is 11.5 Å². The second-order valence-corrected chi connectivity index (χ2v) is 5.48. The van der Waals surface area contributed by atoms with Gasteiger partial charge in [-0.1, -0.05) is 0 Å². The lowest BCUT2D eigenvalue weighted by Gasteiger charge is -2.33. The van der Waals surface area contributed by atoms with Crippen molar-refractivity contribution in [2.45, 2.75) is 37.6 Å². The smallest absolute Gasteiger partial charge is 0.248 e. The van der Waals surface area contributed by atoms with Crippen LogP contribution < -0.4 is 20.7 Å². The Hall–Kier alpha value is -1.40. The van der Waals surface area contributed by atoms with E-state index in [4.69, 9.17) is 15.3 Å². The van der Waals surface area contributed by atoms with Gasteiger partial charge in [-0.05, 0) is 36.5 Å². The highest BCUT2D eigenvalue weighted by atomic mass is 19.3. The standard InChI is InChI=1S/C15H22F2N2O2/c1-20-12-7-11(8-13(9-12)21-2)14(19-18)10-3-5-15(16,17)6-4-10/h7-10,14,19H,3-6,18H2,1-2H3. The van der Waals surface area contributed by atoms with Gasteiger partial charge in [-0.25, -0.2) is 8.78 Å². The molecule has 1 saturated carbocycles. The van der Waals surface area contributed by atoms with Crippen molar-refractivity contribution in [3.63, 3.8) is 0 Å². The molecular formula is C15H22F2N2O2. The van der Waals surface area contributed by atoms with Crippen LogP contribution in [0.2, 0.25) is 0 Å². The van der Waals surface area contributed by atoms with Crippen LogP contribution in [0, 0.1) is 5.92 Å². The first-order valence-electron chi connectivity index (χ1n) is 7.06. The number of halogens is 2. The molecule has 6 heteroatoms. The van der Waals surface area contributed by atoms with Crippen LogP contribution in [0.4, 0.5) is 8.78 Å². The van der Waals surface area contributed by atoms with Crippen molar-refractivity contribution in [2.24, 2.45) is 11.8 Å². The fourth-order valence-corrected chi connectivity index (χ4v) is 2.91. The van der Waals surface area contributed by atoms with Gasteiger partial charge < -0.3 is 9.47 Å². The van der Waals surface area contributed by atoms with Crippen molar-refractivity contribution < 1.29 is 18.3 Å². The lowest BCUT2D eigenvalue weighted by Crippen LogP contribution is -2.37. The van der Waals surface area contributed by atoms with Crippen molar-refractivity contribution >= 4 is 0 Å². The van der Waals surface area contributed by atoms with Crippen LogP contribution in [-0.2, 0) is 0 Å². The zero-order chi connectivity index (χ0) is 15.5. The van der Waals surface area contributed by atoms with Crippen molar-refractivity contribution in [2.75, 3.05) is 14.2 Å². The largest absolute Gasteiger partial charge is 0.497 e. The summed E-state index contributed by atoms with van der Waals surface area (Å²) in [6.45, 7) is 0. The Bertz CT molecular complexity index is 450. The summed E-state index contributed by atoms with van der Waals surface area (Å²) in [6, 6.07) is 5.30. The van der Waals surface area contributed by atoms with E-state index in [-0.39, 0.29) is 24.8 Å². The molecule has 1 fully saturated rings. The summed E-state index contributed by atoms with van der Waals surface area (Å²) in [6.07, 6.45) is 0.719. The summed E-state index contributed by atoms with van der Waals surface area (Å²) in [5.41, 5.74) is 3.65. The first kappa shape index (κ1) is 16.0. The van der Waals surface area contributed by atoms with Crippen LogP contribution in [-0.4, -0.2) is 20.1 Å². The predicted octanol–water partition coefficient (Wildman–Crippen LogP) is 3.03. The molecule has 3 N–H and O–H groups in total.